The van der Waals surface area contributed by atoms with Gasteiger partial charge in [0.2, 0.25) is 11.7 Å². The Morgan fingerprint density at radius 3 is 2.62 bits per heavy atom. The van der Waals surface area contributed by atoms with Crippen LogP contribution in [0.4, 0.5) is 5.82 Å². The smallest absolute Gasteiger partial charge is 0.223 e. The van der Waals surface area contributed by atoms with E-state index in [4.69, 9.17) is 4.52 Å². The lowest BCUT2D eigenvalue weighted by molar-refractivity contribution is 0.390. The normalized spacial score (nSPS) is 16.1. The van der Waals surface area contributed by atoms with Crippen LogP contribution >= 0.6 is 0 Å². The summed E-state index contributed by atoms with van der Waals surface area (Å²) in [5.74, 6) is 2.67. The van der Waals surface area contributed by atoms with Gasteiger partial charge in [-0.05, 0) is 38.3 Å². The molecule has 3 rings (SSSR count). The summed E-state index contributed by atoms with van der Waals surface area (Å²) >= 11 is 0. The number of piperidine rings is 1. The quantitative estimate of drug-likeness (QED) is 0.901. The average molecular weight is 330 g/mol. The van der Waals surface area contributed by atoms with Crippen molar-refractivity contribution in [2.45, 2.75) is 46.6 Å². The van der Waals surface area contributed by atoms with Crippen LogP contribution in [0.5, 0.6) is 0 Å². The number of hydrogen-bond donors (Lipinski definition) is 1. The lowest BCUT2D eigenvalue weighted by atomic mass is 10.0. The van der Waals surface area contributed by atoms with E-state index >= 15 is 0 Å². The average Bonchev–Trinajstić information content (AvgIpc) is 3.00. The number of nitrogens with zero attached hydrogens (tertiary/aromatic N) is 5. The lowest BCUT2D eigenvalue weighted by Crippen LogP contribution is -2.44. The summed E-state index contributed by atoms with van der Waals surface area (Å²) in [4.78, 5) is 6.64. The number of nitrogens with one attached hydrogen (secondary N) is 1. The first-order valence-corrected chi connectivity index (χ1v) is 8.66. The Kier molecular flexibility index (Phi) is 5.08. The van der Waals surface area contributed by atoms with Gasteiger partial charge in [-0.2, -0.15) is 10.1 Å². The van der Waals surface area contributed by atoms with E-state index in [-0.39, 0.29) is 0 Å². The Labute approximate surface area is 142 Å². The molecule has 0 unspecified atom stereocenters. The predicted octanol–water partition coefficient (Wildman–Crippen LogP) is 2.36. The third kappa shape index (κ3) is 3.90. The summed E-state index contributed by atoms with van der Waals surface area (Å²) in [5.41, 5.74) is 1.75. The third-order valence-electron chi connectivity index (χ3n) is 4.27. The summed E-state index contributed by atoms with van der Waals surface area (Å²) in [5, 5.41) is 16.4. The van der Waals surface area contributed by atoms with E-state index in [1.165, 1.54) is 0 Å². The molecule has 0 amide bonds. The zero-order valence-electron chi connectivity index (χ0n) is 14.9. The maximum absolute atomic E-state index is 5.13. The fraction of sp³-hybridized carbons (Fsp3) is 0.647. The van der Waals surface area contributed by atoms with Crippen LogP contribution in [-0.4, -0.2) is 46.0 Å². The van der Waals surface area contributed by atoms with Gasteiger partial charge in [0.05, 0.1) is 11.3 Å². The molecule has 7 nitrogen and oxygen atoms in total. The molecule has 2 aromatic rings. The second-order valence-corrected chi connectivity index (χ2v) is 6.92. The van der Waals surface area contributed by atoms with Crippen LogP contribution in [0.25, 0.3) is 11.4 Å². The van der Waals surface area contributed by atoms with Gasteiger partial charge in [0.25, 0.3) is 0 Å². The summed E-state index contributed by atoms with van der Waals surface area (Å²) < 4.78 is 5.13. The molecule has 0 spiro atoms. The molecular weight excluding hydrogens is 304 g/mol. The van der Waals surface area contributed by atoms with E-state index in [1.807, 2.05) is 13.0 Å². The number of hydrogen-bond acceptors (Lipinski definition) is 7. The van der Waals surface area contributed by atoms with Crippen LogP contribution in [-0.2, 0) is 0 Å². The van der Waals surface area contributed by atoms with Crippen molar-refractivity contribution in [2.24, 2.45) is 5.92 Å². The van der Waals surface area contributed by atoms with Crippen LogP contribution in [0.15, 0.2) is 10.6 Å². The number of rotatable bonds is 5. The van der Waals surface area contributed by atoms with Gasteiger partial charge in [-0.25, -0.2) is 0 Å². The minimum absolute atomic E-state index is 0.557. The van der Waals surface area contributed by atoms with E-state index < -0.39 is 0 Å². The molecule has 0 radical (unpaired) electrons. The fourth-order valence-corrected chi connectivity index (χ4v) is 2.99. The zero-order chi connectivity index (χ0) is 17.1. The number of anilines is 1. The largest absolute Gasteiger partial charge is 0.354 e. The molecule has 1 aliphatic heterocycles. The van der Waals surface area contributed by atoms with Crippen LogP contribution in [0.2, 0.25) is 0 Å². The molecule has 130 valence electrons. The van der Waals surface area contributed by atoms with Gasteiger partial charge in [0, 0.05) is 26.1 Å². The lowest BCUT2D eigenvalue weighted by Gasteiger charge is -2.34. The van der Waals surface area contributed by atoms with E-state index in [1.54, 1.807) is 6.92 Å². The molecule has 7 heteroatoms. The van der Waals surface area contributed by atoms with Crippen LogP contribution in [0, 0.1) is 19.8 Å². The Balaban J connectivity index is 1.74. The maximum atomic E-state index is 5.13. The van der Waals surface area contributed by atoms with Gasteiger partial charge in [-0.1, -0.05) is 19.0 Å². The Morgan fingerprint density at radius 2 is 2.00 bits per heavy atom. The van der Waals surface area contributed by atoms with Crippen LogP contribution < -0.4 is 10.2 Å². The van der Waals surface area contributed by atoms with Crippen LogP contribution in [0.3, 0.4) is 0 Å². The Hall–Kier alpha value is -2.02. The highest BCUT2D eigenvalue weighted by atomic mass is 16.5. The molecular formula is C17H26N6O. The highest BCUT2D eigenvalue weighted by Gasteiger charge is 2.24. The van der Waals surface area contributed by atoms with Crippen molar-refractivity contribution in [3.05, 3.63) is 17.7 Å². The summed E-state index contributed by atoms with van der Waals surface area (Å²) in [6.45, 7) is 11.2. The monoisotopic (exact) mass is 330 g/mol. The number of aromatic nitrogens is 4. The van der Waals surface area contributed by atoms with Crippen molar-refractivity contribution in [3.63, 3.8) is 0 Å². The second kappa shape index (κ2) is 7.25. The van der Waals surface area contributed by atoms with Gasteiger partial charge < -0.3 is 14.7 Å². The Morgan fingerprint density at radius 1 is 1.25 bits per heavy atom. The van der Waals surface area contributed by atoms with Gasteiger partial charge in [0.15, 0.2) is 5.82 Å². The maximum Gasteiger partial charge on any atom is 0.223 e. The SMILES string of the molecule is Cc1cc(-c2noc(C)n2)c(N2CCC(NCC(C)C)CC2)nn1. The van der Waals surface area contributed by atoms with E-state index in [9.17, 15) is 0 Å². The zero-order valence-corrected chi connectivity index (χ0v) is 14.9. The minimum atomic E-state index is 0.557. The molecule has 1 aliphatic rings. The molecule has 0 bridgehead atoms. The topological polar surface area (TPSA) is 80.0 Å². The van der Waals surface area contributed by atoms with Crippen molar-refractivity contribution in [1.29, 1.82) is 0 Å². The van der Waals surface area contributed by atoms with Crippen molar-refractivity contribution in [2.75, 3.05) is 24.5 Å². The fourth-order valence-electron chi connectivity index (χ4n) is 2.99. The first-order valence-electron chi connectivity index (χ1n) is 8.66. The third-order valence-corrected chi connectivity index (χ3v) is 4.27. The Bertz CT molecular complexity index is 675. The molecule has 1 fully saturated rings. The van der Waals surface area contributed by atoms with E-state index in [0.717, 1.165) is 49.6 Å². The molecule has 1 saturated heterocycles. The molecule has 0 aromatic carbocycles. The van der Waals surface area contributed by atoms with Crippen molar-refractivity contribution < 1.29 is 4.52 Å². The van der Waals surface area contributed by atoms with Gasteiger partial charge in [-0.3, -0.25) is 0 Å². The summed E-state index contributed by atoms with van der Waals surface area (Å²) in [6.07, 6.45) is 2.21. The first-order chi connectivity index (χ1) is 11.5. The predicted molar refractivity (Wildman–Crippen MR) is 92.9 cm³/mol. The highest BCUT2D eigenvalue weighted by Crippen LogP contribution is 2.29. The van der Waals surface area contributed by atoms with Gasteiger partial charge in [0.1, 0.15) is 0 Å². The molecule has 0 aliphatic carbocycles. The molecule has 24 heavy (non-hydrogen) atoms. The molecule has 3 heterocycles. The van der Waals surface area contributed by atoms with Crippen LogP contribution in [0.1, 0.15) is 38.3 Å². The first kappa shape index (κ1) is 16.8. The van der Waals surface area contributed by atoms with Crippen molar-refractivity contribution in [3.8, 4) is 11.4 Å². The minimum Gasteiger partial charge on any atom is -0.354 e. The summed E-state index contributed by atoms with van der Waals surface area (Å²) in [7, 11) is 0. The van der Waals surface area contributed by atoms with E-state index in [0.29, 0.717) is 23.7 Å². The number of aryl methyl sites for hydroxylation is 2. The highest BCUT2D eigenvalue weighted by molar-refractivity contribution is 5.70. The molecule has 0 atom stereocenters. The van der Waals surface area contributed by atoms with Gasteiger partial charge >= 0.3 is 0 Å². The molecule has 2 aromatic heterocycles. The van der Waals surface area contributed by atoms with E-state index in [2.05, 4.69) is 44.4 Å². The second-order valence-electron chi connectivity index (χ2n) is 6.92. The van der Waals surface area contributed by atoms with Crippen molar-refractivity contribution in [1.82, 2.24) is 25.7 Å². The molecule has 0 saturated carbocycles. The standard InChI is InChI=1S/C17H26N6O/c1-11(2)10-18-14-5-7-23(8-6-14)17-15(9-12(3)20-21-17)16-19-13(4)24-22-16/h9,11,14,18H,5-8,10H2,1-4H3. The van der Waals surface area contributed by atoms with Gasteiger partial charge in [-0.15, -0.1) is 5.10 Å². The molecule has 1 N–H and O–H groups in total. The van der Waals surface area contributed by atoms with Crippen molar-refractivity contribution >= 4 is 5.82 Å². The summed E-state index contributed by atoms with van der Waals surface area (Å²) in [6, 6.07) is 2.56.